The third-order valence-electron chi connectivity index (χ3n) is 17.8. The standard InChI is InChI=1S/C58H76N10O5S/c1-9-67-46-17-14-36-28-41(46)48-49(53(72-8)50-42(52(48)67)29-40(32-60-50)66-26-24-65(25-27-66)39-15-16-39)57(4,5)34-73-56(71)43-13-11-23-68(63-43)55(70)44(30-47-61-45(36)33-74-47)62-54(69)51(35(2)3)64(7)38-18-20-58(6,21-19-38)37-12-10-22-59-31-37/h10,12,14,17,22,28-29,31-33,35,38-39,43-44,49,51,53,63H,9,11,13,15-16,18-21,23-27,30,34H2,1-8H3,(H,62,69)/t38?,43-,44?,49?,51-,53-,58?/m0/s1. The lowest BCUT2D eigenvalue weighted by Gasteiger charge is -2.44. The summed E-state index contributed by atoms with van der Waals surface area (Å²) in [5, 5.41) is 8.70. The molecule has 4 fully saturated rings. The van der Waals surface area contributed by atoms with E-state index in [4.69, 9.17) is 19.4 Å². The highest BCUT2D eigenvalue weighted by molar-refractivity contribution is 7.10. The highest BCUT2D eigenvalue weighted by Crippen LogP contribution is 2.57. The van der Waals surface area contributed by atoms with Crippen molar-refractivity contribution in [2.45, 2.75) is 154 Å². The van der Waals surface area contributed by atoms with Crippen LogP contribution in [-0.4, -0.2) is 136 Å². The van der Waals surface area contributed by atoms with Gasteiger partial charge in [-0.15, -0.1) is 11.3 Å². The van der Waals surface area contributed by atoms with Gasteiger partial charge in [-0.25, -0.2) is 10.4 Å². The average molecular weight is 1030 g/mol. The Kier molecular flexibility index (Phi) is 14.0. The number of nitrogens with one attached hydrogen (secondary N) is 2. The topological polar surface area (TPSA) is 150 Å². The molecule has 2 saturated heterocycles. The SMILES string of the molecule is CCn1c2c3c4cc(ccc41)-c1csc(n1)CC(NC(=O)[C@H](C(C)C)N(C)C1CCC(C)(c4cccnc4)CC1)C(=O)N1CCC[C@H](N1)C(=O)OCC(C)(C)C3[C@H](OC)c1ncc(N3CCN(C4CC4)CC3)cc1-2. The van der Waals surface area contributed by atoms with E-state index in [1.54, 1.807) is 7.11 Å². The highest BCUT2D eigenvalue weighted by atomic mass is 32.1. The van der Waals surface area contributed by atoms with Crippen LogP contribution in [0.25, 0.3) is 33.4 Å². The molecule has 4 aromatic heterocycles. The maximum atomic E-state index is 14.9. The predicted octanol–water partition coefficient (Wildman–Crippen LogP) is 8.27. The number of esters is 1. The van der Waals surface area contributed by atoms with Crippen molar-refractivity contribution in [3.8, 4) is 22.5 Å². The molecule has 2 N–H and O–H groups in total. The second-order valence-corrected chi connectivity index (χ2v) is 24.4. The third-order valence-corrected chi connectivity index (χ3v) is 18.7. The monoisotopic (exact) mass is 1020 g/mol. The molecule has 394 valence electrons. The first-order valence-electron chi connectivity index (χ1n) is 27.5. The van der Waals surface area contributed by atoms with Crippen LogP contribution in [0.5, 0.6) is 0 Å². The molecule has 2 unspecified atom stereocenters. The van der Waals surface area contributed by atoms with Gasteiger partial charge in [0.15, 0.2) is 0 Å². The number of likely N-dealkylation sites (N-methyl/N-ethyl adjacent to an activating group) is 1. The summed E-state index contributed by atoms with van der Waals surface area (Å²) in [5.74, 6) is -1.17. The quantitative estimate of drug-likeness (QED) is 0.130. The van der Waals surface area contributed by atoms with Crippen molar-refractivity contribution >= 4 is 45.7 Å². The molecule has 3 aliphatic heterocycles. The molecular weight excluding hydrogens is 949 g/mol. The fourth-order valence-electron chi connectivity index (χ4n) is 13.4. The van der Waals surface area contributed by atoms with Crippen LogP contribution in [0.1, 0.15) is 127 Å². The number of cyclic esters (lactones) is 1. The summed E-state index contributed by atoms with van der Waals surface area (Å²) < 4.78 is 15.4. The molecule has 16 heteroatoms. The van der Waals surface area contributed by atoms with E-state index in [0.29, 0.717) is 19.4 Å². The molecule has 74 heavy (non-hydrogen) atoms. The first-order valence-corrected chi connectivity index (χ1v) is 28.3. The number of fused-ring (bicyclic) bond motifs is 8. The van der Waals surface area contributed by atoms with Gasteiger partial charge < -0.3 is 24.3 Å². The number of anilines is 1. The van der Waals surface area contributed by atoms with Crippen LogP contribution in [0, 0.1) is 11.3 Å². The van der Waals surface area contributed by atoms with E-state index in [1.165, 1.54) is 34.8 Å². The lowest BCUT2D eigenvalue weighted by Crippen LogP contribution is -2.62. The number of carbonyl (C=O) groups is 3. The number of pyridine rings is 2. The number of hydrazine groups is 1. The Morgan fingerprint density at radius 3 is 2.50 bits per heavy atom. The summed E-state index contributed by atoms with van der Waals surface area (Å²) in [6, 6.07) is 12.0. The van der Waals surface area contributed by atoms with Crippen LogP contribution in [0.2, 0.25) is 0 Å². The maximum absolute atomic E-state index is 14.9. The zero-order chi connectivity index (χ0) is 51.6. The van der Waals surface area contributed by atoms with Crippen molar-refractivity contribution in [2.24, 2.45) is 11.3 Å². The molecule has 1 aromatic carbocycles. The number of hydrogen-bond donors (Lipinski definition) is 2. The van der Waals surface area contributed by atoms with E-state index in [0.717, 1.165) is 120 Å². The van der Waals surface area contributed by atoms with Gasteiger partial charge in [0.25, 0.3) is 5.91 Å². The van der Waals surface area contributed by atoms with Crippen molar-refractivity contribution < 1.29 is 23.9 Å². The molecule has 5 atom stereocenters. The fraction of sp³-hybridized carbons (Fsp3) is 0.586. The van der Waals surface area contributed by atoms with Crippen molar-refractivity contribution in [1.82, 2.24) is 45.1 Å². The number of piperazine rings is 1. The second kappa shape index (κ2) is 20.4. The predicted molar refractivity (Wildman–Crippen MR) is 290 cm³/mol. The normalized spacial score (nSPS) is 27.0. The molecule has 6 bridgehead atoms. The molecule has 5 aromatic rings. The average Bonchev–Trinajstić information content (AvgIpc) is 4.08. The molecular formula is C58H76N10O5S. The summed E-state index contributed by atoms with van der Waals surface area (Å²) >= 11 is 1.50. The van der Waals surface area contributed by atoms with Crippen molar-refractivity contribution in [3.05, 3.63) is 82.2 Å². The molecule has 2 amide bonds. The van der Waals surface area contributed by atoms with Crippen LogP contribution in [0.3, 0.4) is 0 Å². The summed E-state index contributed by atoms with van der Waals surface area (Å²) in [6.45, 7) is 18.3. The summed E-state index contributed by atoms with van der Waals surface area (Å²) in [6.07, 6.45) is 13.2. The minimum Gasteiger partial charge on any atom is -0.464 e. The summed E-state index contributed by atoms with van der Waals surface area (Å²) in [7, 11) is 3.83. The number of benzene rings is 1. The van der Waals surface area contributed by atoms with Crippen molar-refractivity contribution in [2.75, 3.05) is 58.4 Å². The Labute approximate surface area is 440 Å². The van der Waals surface area contributed by atoms with Gasteiger partial charge in [0.2, 0.25) is 5.91 Å². The van der Waals surface area contributed by atoms with Crippen LogP contribution < -0.4 is 15.6 Å². The molecule has 0 spiro atoms. The third kappa shape index (κ3) is 9.45. The Bertz CT molecular complexity index is 2880. The Morgan fingerprint density at radius 1 is 1.01 bits per heavy atom. The zero-order valence-electron chi connectivity index (χ0n) is 44.7. The van der Waals surface area contributed by atoms with Gasteiger partial charge in [0, 0.05) is 116 Å². The molecule has 7 heterocycles. The van der Waals surface area contributed by atoms with Gasteiger partial charge in [-0.1, -0.05) is 46.8 Å². The summed E-state index contributed by atoms with van der Waals surface area (Å²) in [5.41, 5.74) is 12.2. The Hall–Kier alpha value is -5.26. The van der Waals surface area contributed by atoms with Gasteiger partial charge in [-0.3, -0.25) is 39.2 Å². The van der Waals surface area contributed by atoms with E-state index in [1.807, 2.05) is 24.7 Å². The number of aryl methyl sites for hydroxylation is 1. The maximum Gasteiger partial charge on any atom is 0.324 e. The Balaban J connectivity index is 0.939. The largest absolute Gasteiger partial charge is 0.464 e. The second-order valence-electron chi connectivity index (χ2n) is 23.4. The summed E-state index contributed by atoms with van der Waals surface area (Å²) in [4.78, 5) is 66.4. The molecule has 11 rings (SSSR count). The number of nitrogens with zero attached hydrogens (tertiary/aromatic N) is 8. The van der Waals surface area contributed by atoms with Crippen LogP contribution in [0.15, 0.2) is 60.4 Å². The zero-order valence-corrected chi connectivity index (χ0v) is 45.5. The van der Waals surface area contributed by atoms with E-state index in [9.17, 15) is 14.4 Å². The van der Waals surface area contributed by atoms with E-state index >= 15 is 0 Å². The van der Waals surface area contributed by atoms with Crippen molar-refractivity contribution in [3.63, 3.8) is 0 Å². The van der Waals surface area contributed by atoms with Crippen LogP contribution in [0.4, 0.5) is 5.69 Å². The molecule has 0 radical (unpaired) electrons. The van der Waals surface area contributed by atoms with Crippen molar-refractivity contribution in [1.29, 1.82) is 0 Å². The lowest BCUT2D eigenvalue weighted by atomic mass is 9.67. The van der Waals surface area contributed by atoms with Gasteiger partial charge in [0.05, 0.1) is 46.6 Å². The highest BCUT2D eigenvalue weighted by Gasteiger charge is 2.48. The lowest BCUT2D eigenvalue weighted by molar-refractivity contribution is -0.156. The smallest absolute Gasteiger partial charge is 0.324 e. The van der Waals surface area contributed by atoms with Gasteiger partial charge in [-0.05, 0) is 112 Å². The van der Waals surface area contributed by atoms with E-state index < -0.39 is 35.6 Å². The molecule has 6 aliphatic rings. The fourth-order valence-corrected chi connectivity index (χ4v) is 14.3. The van der Waals surface area contributed by atoms with E-state index in [-0.39, 0.29) is 48.1 Å². The number of hydrogen-bond acceptors (Lipinski definition) is 13. The molecule has 2 saturated carbocycles. The first kappa shape index (κ1) is 50.9. The van der Waals surface area contributed by atoms with Gasteiger partial charge in [-0.2, -0.15) is 0 Å². The number of aromatic nitrogens is 4. The van der Waals surface area contributed by atoms with E-state index in [2.05, 4.69) is 119 Å². The number of thiazole rings is 1. The molecule has 15 nitrogen and oxygen atoms in total. The number of rotatable bonds is 10. The van der Waals surface area contributed by atoms with Crippen LogP contribution in [-0.2, 0) is 42.2 Å². The minimum atomic E-state index is -0.933. The Morgan fingerprint density at radius 2 is 1.80 bits per heavy atom. The minimum absolute atomic E-state index is 0.0227. The first-order chi connectivity index (χ1) is 35.7. The molecule has 3 aliphatic carbocycles. The number of ether oxygens (including phenoxy) is 2. The number of amides is 2. The number of methoxy groups -OCH3 is 1. The van der Waals surface area contributed by atoms with Gasteiger partial charge >= 0.3 is 5.97 Å². The van der Waals surface area contributed by atoms with Gasteiger partial charge in [0.1, 0.15) is 18.2 Å². The number of carbonyl (C=O) groups excluding carboxylic acids is 3. The van der Waals surface area contributed by atoms with Crippen LogP contribution >= 0.6 is 11.3 Å².